The Morgan fingerprint density at radius 1 is 1.50 bits per heavy atom. The first-order valence-corrected chi connectivity index (χ1v) is 5.67. The third-order valence-electron chi connectivity index (χ3n) is 2.68. The first kappa shape index (κ1) is 12.7. The predicted octanol–water partition coefficient (Wildman–Crippen LogP) is 1.91. The van der Waals surface area contributed by atoms with Crippen LogP contribution < -0.4 is 11.1 Å². The molecular formula is C13H20N2O. The Bertz CT molecular complexity index is 363. The lowest BCUT2D eigenvalue weighted by Gasteiger charge is -2.17. The molecule has 0 fully saturated rings. The van der Waals surface area contributed by atoms with Gasteiger partial charge < -0.3 is 11.1 Å². The molecule has 1 rings (SSSR count). The van der Waals surface area contributed by atoms with Gasteiger partial charge >= 0.3 is 0 Å². The number of carbonyl (C=O) groups excluding carboxylic acids is 1. The summed E-state index contributed by atoms with van der Waals surface area (Å²) >= 11 is 0. The second-order valence-electron chi connectivity index (χ2n) is 4.16. The van der Waals surface area contributed by atoms with Crippen molar-refractivity contribution >= 4 is 5.91 Å². The van der Waals surface area contributed by atoms with Gasteiger partial charge in [0.25, 0.3) is 0 Å². The molecule has 1 aromatic carbocycles. The number of hydrogen-bond donors (Lipinski definition) is 2. The molecule has 0 spiro atoms. The van der Waals surface area contributed by atoms with Crippen LogP contribution >= 0.6 is 0 Å². The quantitative estimate of drug-likeness (QED) is 0.814. The Morgan fingerprint density at radius 2 is 2.19 bits per heavy atom. The van der Waals surface area contributed by atoms with Crippen LogP contribution in [-0.4, -0.2) is 11.9 Å². The maximum absolute atomic E-state index is 11.6. The van der Waals surface area contributed by atoms with Gasteiger partial charge in [0.15, 0.2) is 0 Å². The summed E-state index contributed by atoms with van der Waals surface area (Å²) in [4.78, 5) is 11.6. The average Bonchev–Trinajstić information content (AvgIpc) is 2.27. The fraction of sp³-hybridized carbons (Fsp3) is 0.462. The molecule has 0 heterocycles. The summed E-state index contributed by atoms with van der Waals surface area (Å²) in [6.07, 6.45) is 0.659. The van der Waals surface area contributed by atoms with Crippen LogP contribution in [-0.2, 0) is 4.79 Å². The molecule has 3 nitrogen and oxygen atoms in total. The lowest BCUT2D eigenvalue weighted by molar-refractivity contribution is -0.123. The molecular weight excluding hydrogens is 200 g/mol. The van der Waals surface area contributed by atoms with E-state index in [0.29, 0.717) is 6.42 Å². The Kier molecular flexibility index (Phi) is 4.50. The number of carbonyl (C=O) groups is 1. The van der Waals surface area contributed by atoms with Crippen molar-refractivity contribution in [1.29, 1.82) is 0 Å². The lowest BCUT2D eigenvalue weighted by atomic mass is 10.1. The van der Waals surface area contributed by atoms with Gasteiger partial charge in [0.2, 0.25) is 5.91 Å². The molecule has 0 aliphatic rings. The molecule has 3 heteroatoms. The largest absolute Gasteiger partial charge is 0.348 e. The highest BCUT2D eigenvalue weighted by molar-refractivity contribution is 5.81. The van der Waals surface area contributed by atoms with E-state index in [4.69, 9.17) is 5.73 Å². The van der Waals surface area contributed by atoms with Crippen LogP contribution in [0.2, 0.25) is 0 Å². The second-order valence-corrected chi connectivity index (χ2v) is 4.16. The van der Waals surface area contributed by atoms with Crippen molar-refractivity contribution in [3.8, 4) is 0 Å². The predicted molar refractivity (Wildman–Crippen MR) is 66.0 cm³/mol. The van der Waals surface area contributed by atoms with Crippen molar-refractivity contribution in [2.75, 3.05) is 0 Å². The van der Waals surface area contributed by atoms with Crippen molar-refractivity contribution in [3.63, 3.8) is 0 Å². The number of nitrogens with one attached hydrogen (secondary N) is 1. The van der Waals surface area contributed by atoms with Crippen LogP contribution in [0.15, 0.2) is 24.3 Å². The van der Waals surface area contributed by atoms with E-state index < -0.39 is 6.04 Å². The molecule has 16 heavy (non-hydrogen) atoms. The van der Waals surface area contributed by atoms with Gasteiger partial charge in [-0.3, -0.25) is 4.79 Å². The van der Waals surface area contributed by atoms with Gasteiger partial charge in [-0.05, 0) is 25.8 Å². The van der Waals surface area contributed by atoms with Crippen molar-refractivity contribution in [2.24, 2.45) is 5.73 Å². The third-order valence-corrected chi connectivity index (χ3v) is 2.68. The molecule has 0 radical (unpaired) electrons. The third kappa shape index (κ3) is 3.35. The van der Waals surface area contributed by atoms with Crippen LogP contribution in [0.5, 0.6) is 0 Å². The zero-order valence-electron chi connectivity index (χ0n) is 10.2. The van der Waals surface area contributed by atoms with Gasteiger partial charge in [-0.1, -0.05) is 36.8 Å². The van der Waals surface area contributed by atoms with Crippen LogP contribution in [0, 0.1) is 6.92 Å². The molecule has 3 N–H and O–H groups in total. The summed E-state index contributed by atoms with van der Waals surface area (Å²) in [7, 11) is 0. The summed E-state index contributed by atoms with van der Waals surface area (Å²) < 4.78 is 0. The number of rotatable bonds is 4. The number of benzene rings is 1. The Hall–Kier alpha value is -1.35. The minimum atomic E-state index is -0.410. The normalized spacial score (nSPS) is 14.2. The highest BCUT2D eigenvalue weighted by Crippen LogP contribution is 2.13. The molecule has 0 saturated carbocycles. The molecule has 0 aliphatic carbocycles. The van der Waals surface area contributed by atoms with E-state index in [-0.39, 0.29) is 11.9 Å². The molecule has 0 aliphatic heterocycles. The lowest BCUT2D eigenvalue weighted by Crippen LogP contribution is -2.41. The van der Waals surface area contributed by atoms with Crippen molar-refractivity contribution in [2.45, 2.75) is 39.3 Å². The molecule has 0 saturated heterocycles. The zero-order valence-corrected chi connectivity index (χ0v) is 10.2. The minimum Gasteiger partial charge on any atom is -0.348 e. The van der Waals surface area contributed by atoms with E-state index in [1.54, 1.807) is 0 Å². The first-order chi connectivity index (χ1) is 7.54. The number of nitrogens with two attached hydrogens (primary N) is 1. The van der Waals surface area contributed by atoms with Gasteiger partial charge in [0, 0.05) is 0 Å². The smallest absolute Gasteiger partial charge is 0.237 e. The van der Waals surface area contributed by atoms with Crippen LogP contribution in [0.1, 0.15) is 37.4 Å². The summed E-state index contributed by atoms with van der Waals surface area (Å²) in [5.74, 6) is -0.0866. The van der Waals surface area contributed by atoms with Crippen LogP contribution in [0.25, 0.3) is 0 Å². The Labute approximate surface area is 97.0 Å². The highest BCUT2D eigenvalue weighted by atomic mass is 16.2. The first-order valence-electron chi connectivity index (χ1n) is 5.67. The van der Waals surface area contributed by atoms with E-state index in [0.717, 1.165) is 5.56 Å². The molecule has 0 bridgehead atoms. The zero-order chi connectivity index (χ0) is 12.1. The topological polar surface area (TPSA) is 55.1 Å². The fourth-order valence-electron chi connectivity index (χ4n) is 1.53. The summed E-state index contributed by atoms with van der Waals surface area (Å²) in [5, 5.41) is 2.91. The van der Waals surface area contributed by atoms with Crippen molar-refractivity contribution in [1.82, 2.24) is 5.32 Å². The standard InChI is InChI=1S/C13H20N2O/c1-4-12(14)13(16)15-10(3)11-7-5-6-9(2)8-11/h5-8,10,12H,4,14H2,1-3H3,(H,15,16)/t10-,12+/m1/s1. The average molecular weight is 220 g/mol. The van der Waals surface area contributed by atoms with Crippen LogP contribution in [0.4, 0.5) is 0 Å². The van der Waals surface area contributed by atoms with Gasteiger partial charge in [0.1, 0.15) is 0 Å². The summed E-state index contributed by atoms with van der Waals surface area (Å²) in [6, 6.07) is 7.71. The molecule has 1 aromatic rings. The number of hydrogen-bond acceptors (Lipinski definition) is 2. The van der Waals surface area contributed by atoms with Crippen molar-refractivity contribution in [3.05, 3.63) is 35.4 Å². The molecule has 0 aromatic heterocycles. The highest BCUT2D eigenvalue weighted by Gasteiger charge is 2.14. The fourth-order valence-corrected chi connectivity index (χ4v) is 1.53. The maximum atomic E-state index is 11.6. The second kappa shape index (κ2) is 5.66. The van der Waals surface area contributed by atoms with E-state index in [1.807, 2.05) is 39.0 Å². The SMILES string of the molecule is CC[C@H](N)C(=O)N[C@H](C)c1cccc(C)c1. The van der Waals surface area contributed by atoms with Crippen molar-refractivity contribution < 1.29 is 4.79 Å². The van der Waals surface area contributed by atoms with E-state index in [1.165, 1.54) is 5.56 Å². The van der Waals surface area contributed by atoms with Crippen LogP contribution in [0.3, 0.4) is 0 Å². The van der Waals surface area contributed by atoms with Gasteiger partial charge in [-0.25, -0.2) is 0 Å². The monoisotopic (exact) mass is 220 g/mol. The summed E-state index contributed by atoms with van der Waals surface area (Å²) in [5.41, 5.74) is 7.96. The van der Waals surface area contributed by atoms with E-state index in [2.05, 4.69) is 11.4 Å². The van der Waals surface area contributed by atoms with Gasteiger partial charge in [-0.2, -0.15) is 0 Å². The number of amides is 1. The van der Waals surface area contributed by atoms with E-state index in [9.17, 15) is 4.79 Å². The van der Waals surface area contributed by atoms with E-state index >= 15 is 0 Å². The molecule has 88 valence electrons. The van der Waals surface area contributed by atoms with Gasteiger partial charge in [0.05, 0.1) is 12.1 Å². The summed E-state index contributed by atoms with van der Waals surface area (Å²) in [6.45, 7) is 5.91. The van der Waals surface area contributed by atoms with Gasteiger partial charge in [-0.15, -0.1) is 0 Å². The Balaban J connectivity index is 2.65. The number of aryl methyl sites for hydroxylation is 1. The molecule has 2 atom stereocenters. The minimum absolute atomic E-state index is 0.00463. The maximum Gasteiger partial charge on any atom is 0.237 e. The molecule has 0 unspecified atom stereocenters. The Morgan fingerprint density at radius 3 is 2.75 bits per heavy atom. The molecule has 1 amide bonds.